The van der Waals surface area contributed by atoms with Crippen molar-refractivity contribution < 1.29 is 0 Å². The Kier molecular flexibility index (Phi) is 2.09. The summed E-state index contributed by atoms with van der Waals surface area (Å²) in [6.45, 7) is 0. The third-order valence-corrected chi connectivity index (χ3v) is 4.35. The number of rotatable bonds is 0. The average Bonchev–Trinajstić information content (AvgIpc) is 2.94. The quantitative estimate of drug-likeness (QED) is 0.457. The molecule has 0 spiro atoms. The zero-order valence-corrected chi connectivity index (χ0v) is 11.7. The third-order valence-electron chi connectivity index (χ3n) is 4.35. The van der Waals surface area contributed by atoms with Crippen LogP contribution >= 0.6 is 0 Å². The highest BCUT2D eigenvalue weighted by molar-refractivity contribution is 6.17. The Bertz CT molecular complexity index is 1240. The third kappa shape index (κ3) is 1.42. The minimum absolute atomic E-state index is 0.0693. The molecule has 5 rings (SSSR count). The fourth-order valence-corrected chi connectivity index (χ4v) is 3.35. The first-order valence-corrected chi connectivity index (χ1v) is 7.25. The molecule has 0 aliphatic rings. The molecule has 2 aromatic carbocycles. The SMILES string of the molecule is O=c1ccc2ccc3c(cn4ccc5ccccc5c34)c2[nH]1. The van der Waals surface area contributed by atoms with E-state index in [9.17, 15) is 4.79 Å². The van der Waals surface area contributed by atoms with Crippen molar-refractivity contribution in [3.63, 3.8) is 0 Å². The van der Waals surface area contributed by atoms with E-state index in [0.29, 0.717) is 0 Å². The maximum absolute atomic E-state index is 11.7. The van der Waals surface area contributed by atoms with E-state index in [2.05, 4.69) is 64.2 Å². The Labute approximate surface area is 125 Å². The van der Waals surface area contributed by atoms with Crippen LogP contribution in [-0.2, 0) is 0 Å². The van der Waals surface area contributed by atoms with Gasteiger partial charge in [-0.15, -0.1) is 0 Å². The van der Waals surface area contributed by atoms with Crippen LogP contribution < -0.4 is 5.56 Å². The molecule has 0 bridgehead atoms. The van der Waals surface area contributed by atoms with E-state index < -0.39 is 0 Å². The Morgan fingerprint density at radius 3 is 2.59 bits per heavy atom. The highest BCUT2D eigenvalue weighted by atomic mass is 16.1. The molecule has 22 heavy (non-hydrogen) atoms. The predicted octanol–water partition coefficient (Wildman–Crippen LogP) is 4.09. The van der Waals surface area contributed by atoms with E-state index in [0.717, 1.165) is 21.7 Å². The summed E-state index contributed by atoms with van der Waals surface area (Å²) in [5, 5.41) is 5.72. The summed E-state index contributed by atoms with van der Waals surface area (Å²) in [7, 11) is 0. The molecule has 1 N–H and O–H groups in total. The van der Waals surface area contributed by atoms with Crippen molar-refractivity contribution in [1.82, 2.24) is 9.38 Å². The topological polar surface area (TPSA) is 37.3 Å². The van der Waals surface area contributed by atoms with Gasteiger partial charge in [-0.2, -0.15) is 0 Å². The van der Waals surface area contributed by atoms with Crippen LogP contribution in [0.1, 0.15) is 0 Å². The smallest absolute Gasteiger partial charge is 0.248 e. The van der Waals surface area contributed by atoms with E-state index in [-0.39, 0.29) is 5.56 Å². The average molecular weight is 284 g/mol. The minimum atomic E-state index is -0.0693. The van der Waals surface area contributed by atoms with Gasteiger partial charge in [-0.25, -0.2) is 0 Å². The first kappa shape index (κ1) is 11.6. The highest BCUT2D eigenvalue weighted by Crippen LogP contribution is 2.32. The van der Waals surface area contributed by atoms with Gasteiger partial charge in [-0.1, -0.05) is 36.4 Å². The summed E-state index contributed by atoms with van der Waals surface area (Å²) in [5.41, 5.74) is 2.01. The van der Waals surface area contributed by atoms with Crippen molar-refractivity contribution >= 4 is 38.0 Å². The van der Waals surface area contributed by atoms with Crippen LogP contribution in [0.3, 0.4) is 0 Å². The molecule has 0 atom stereocenters. The molecule has 104 valence electrons. The van der Waals surface area contributed by atoms with Crippen molar-refractivity contribution in [3.05, 3.63) is 77.3 Å². The second-order valence-electron chi connectivity index (χ2n) is 5.60. The van der Waals surface area contributed by atoms with Crippen LogP contribution in [0, 0.1) is 0 Å². The second-order valence-corrected chi connectivity index (χ2v) is 5.60. The van der Waals surface area contributed by atoms with Crippen LogP contribution in [0.2, 0.25) is 0 Å². The van der Waals surface area contributed by atoms with Gasteiger partial charge in [-0.3, -0.25) is 4.79 Å². The number of nitrogens with one attached hydrogen (secondary N) is 1. The largest absolute Gasteiger partial charge is 0.322 e. The highest BCUT2D eigenvalue weighted by Gasteiger charge is 2.10. The first-order valence-electron chi connectivity index (χ1n) is 7.25. The summed E-state index contributed by atoms with van der Waals surface area (Å²) in [6, 6.07) is 18.1. The molecule has 0 amide bonds. The Hall–Kier alpha value is -3.07. The van der Waals surface area contributed by atoms with Crippen LogP contribution in [0.4, 0.5) is 0 Å². The summed E-state index contributed by atoms with van der Waals surface area (Å²) >= 11 is 0. The number of benzene rings is 2. The van der Waals surface area contributed by atoms with Crippen LogP contribution in [0.25, 0.3) is 38.0 Å². The predicted molar refractivity (Wildman–Crippen MR) is 90.5 cm³/mol. The summed E-state index contributed by atoms with van der Waals surface area (Å²) in [6.07, 6.45) is 4.17. The Balaban J connectivity index is 2.11. The fourth-order valence-electron chi connectivity index (χ4n) is 3.35. The van der Waals surface area contributed by atoms with Gasteiger partial charge in [0, 0.05) is 34.6 Å². The van der Waals surface area contributed by atoms with Gasteiger partial charge in [0.2, 0.25) is 5.56 Å². The molecule has 0 aliphatic heterocycles. The maximum Gasteiger partial charge on any atom is 0.248 e. The van der Waals surface area contributed by atoms with E-state index >= 15 is 0 Å². The number of fused-ring (bicyclic) bond motifs is 7. The molecule has 5 aromatic rings. The van der Waals surface area contributed by atoms with E-state index in [1.54, 1.807) is 6.07 Å². The molecule has 0 fully saturated rings. The number of aromatic nitrogens is 2. The molecule has 0 saturated heterocycles. The standard InChI is InChI=1S/C19H12N2O/c22-17-8-6-13-5-7-15-16(18(13)20-17)11-21-10-9-12-3-1-2-4-14(12)19(15)21/h1-11H,(H,20,22). The van der Waals surface area contributed by atoms with Gasteiger partial charge in [0.15, 0.2) is 0 Å². The number of nitrogens with zero attached hydrogens (tertiary/aromatic N) is 1. The first-order chi connectivity index (χ1) is 10.8. The van der Waals surface area contributed by atoms with Gasteiger partial charge in [-0.05, 0) is 22.9 Å². The summed E-state index contributed by atoms with van der Waals surface area (Å²) in [5.74, 6) is 0. The van der Waals surface area contributed by atoms with Crippen LogP contribution in [0.15, 0.2) is 71.8 Å². The van der Waals surface area contributed by atoms with Crippen molar-refractivity contribution in [2.24, 2.45) is 0 Å². The minimum Gasteiger partial charge on any atom is -0.322 e. The number of hydrogen-bond acceptors (Lipinski definition) is 1. The number of pyridine rings is 2. The molecular formula is C19H12N2O. The number of aromatic amines is 1. The lowest BCUT2D eigenvalue weighted by Crippen LogP contribution is -2.02. The van der Waals surface area contributed by atoms with Crippen molar-refractivity contribution in [3.8, 4) is 0 Å². The van der Waals surface area contributed by atoms with E-state index in [1.807, 2.05) is 6.07 Å². The molecular weight excluding hydrogens is 272 g/mol. The van der Waals surface area contributed by atoms with Crippen LogP contribution in [0.5, 0.6) is 0 Å². The van der Waals surface area contributed by atoms with E-state index in [1.165, 1.54) is 16.3 Å². The van der Waals surface area contributed by atoms with Crippen molar-refractivity contribution in [1.29, 1.82) is 0 Å². The zero-order chi connectivity index (χ0) is 14.7. The molecule has 3 heterocycles. The normalized spacial score (nSPS) is 11.8. The lowest BCUT2D eigenvalue weighted by atomic mass is 10.1. The van der Waals surface area contributed by atoms with Gasteiger partial charge >= 0.3 is 0 Å². The molecule has 3 aromatic heterocycles. The molecule has 3 heteroatoms. The monoisotopic (exact) mass is 284 g/mol. The van der Waals surface area contributed by atoms with Gasteiger partial charge in [0.25, 0.3) is 0 Å². The molecule has 0 radical (unpaired) electrons. The number of hydrogen-bond donors (Lipinski definition) is 1. The van der Waals surface area contributed by atoms with Crippen molar-refractivity contribution in [2.75, 3.05) is 0 Å². The Morgan fingerprint density at radius 1 is 0.773 bits per heavy atom. The van der Waals surface area contributed by atoms with Gasteiger partial charge in [0.05, 0.1) is 11.0 Å². The van der Waals surface area contributed by atoms with Gasteiger partial charge < -0.3 is 9.38 Å². The molecule has 0 unspecified atom stereocenters. The number of H-pyrrole nitrogens is 1. The lowest BCUT2D eigenvalue weighted by Gasteiger charge is -2.02. The maximum atomic E-state index is 11.7. The molecule has 0 aliphatic carbocycles. The van der Waals surface area contributed by atoms with Crippen LogP contribution in [-0.4, -0.2) is 9.38 Å². The van der Waals surface area contributed by atoms with Crippen molar-refractivity contribution in [2.45, 2.75) is 0 Å². The molecule has 3 nitrogen and oxygen atoms in total. The Morgan fingerprint density at radius 2 is 1.64 bits per heavy atom. The fraction of sp³-hybridized carbons (Fsp3) is 0. The van der Waals surface area contributed by atoms with Gasteiger partial charge in [0.1, 0.15) is 0 Å². The second kappa shape index (κ2) is 3.98. The zero-order valence-electron chi connectivity index (χ0n) is 11.7. The lowest BCUT2D eigenvalue weighted by molar-refractivity contribution is 1.22. The molecule has 0 saturated carbocycles. The summed E-state index contributed by atoms with van der Waals surface area (Å²) in [4.78, 5) is 14.7. The van der Waals surface area contributed by atoms with E-state index in [4.69, 9.17) is 0 Å². The summed E-state index contributed by atoms with van der Waals surface area (Å²) < 4.78 is 2.14.